The molecule has 2 aromatic heterocycles. The fourth-order valence-electron chi connectivity index (χ4n) is 1.80. The minimum atomic E-state index is -0.200. The summed E-state index contributed by atoms with van der Waals surface area (Å²) in [5, 5.41) is 11.4. The predicted octanol–water partition coefficient (Wildman–Crippen LogP) is 2.80. The van der Waals surface area contributed by atoms with Gasteiger partial charge in [-0.2, -0.15) is 0 Å². The van der Waals surface area contributed by atoms with Gasteiger partial charge in [0, 0.05) is 13.1 Å². The van der Waals surface area contributed by atoms with Crippen LogP contribution in [0.5, 0.6) is 0 Å². The van der Waals surface area contributed by atoms with Crippen molar-refractivity contribution in [3.05, 3.63) is 26.6 Å². The van der Waals surface area contributed by atoms with E-state index >= 15 is 0 Å². The normalized spacial score (nSPS) is 14.6. The Labute approximate surface area is 128 Å². The first kappa shape index (κ1) is 13.8. The summed E-state index contributed by atoms with van der Waals surface area (Å²) in [5.74, 6) is 0.537. The molecule has 0 aromatic carbocycles. The van der Waals surface area contributed by atoms with Crippen LogP contribution >= 0.6 is 35.0 Å². The lowest BCUT2D eigenvalue weighted by Gasteiger charge is -2.08. The van der Waals surface area contributed by atoms with Gasteiger partial charge in [0.25, 0.3) is 0 Å². The maximum atomic E-state index is 11.7. The van der Waals surface area contributed by atoms with Gasteiger partial charge in [0.2, 0.25) is 0 Å². The second-order valence-electron chi connectivity index (χ2n) is 4.37. The third-order valence-electron chi connectivity index (χ3n) is 2.91. The van der Waals surface area contributed by atoms with Crippen molar-refractivity contribution in [2.75, 3.05) is 12.4 Å². The molecular formula is C11H11Cl2N5OS. The van der Waals surface area contributed by atoms with Gasteiger partial charge in [-0.15, -0.1) is 5.10 Å². The Morgan fingerprint density at radius 1 is 1.45 bits per heavy atom. The summed E-state index contributed by atoms with van der Waals surface area (Å²) >= 11 is 13.4. The zero-order valence-electron chi connectivity index (χ0n) is 10.5. The molecule has 0 aliphatic heterocycles. The molecule has 0 amide bonds. The van der Waals surface area contributed by atoms with Gasteiger partial charge in [0.1, 0.15) is 10.8 Å². The number of nitrogens with zero attached hydrogens (tertiary/aromatic N) is 3. The van der Waals surface area contributed by atoms with Crippen LogP contribution in [0.15, 0.2) is 21.0 Å². The van der Waals surface area contributed by atoms with Crippen molar-refractivity contribution in [3.8, 4) is 0 Å². The van der Waals surface area contributed by atoms with Crippen molar-refractivity contribution in [2.24, 2.45) is 0 Å². The summed E-state index contributed by atoms with van der Waals surface area (Å²) in [6.45, 7) is 0. The Morgan fingerprint density at radius 2 is 2.20 bits per heavy atom. The maximum absolute atomic E-state index is 11.7. The molecule has 0 saturated heterocycles. The standard InChI is InChI=1S/C11H11Cl2N5OS/c1-14-8-6(12)4-7(13)9(15-8)20-11-17-16-10(19)18(11)5-2-3-5/h4-5H,2-3H2,1H3,(H,14,15)(H,16,19). The summed E-state index contributed by atoms with van der Waals surface area (Å²) in [5.41, 5.74) is -0.200. The Morgan fingerprint density at radius 3 is 2.85 bits per heavy atom. The van der Waals surface area contributed by atoms with Crippen LogP contribution < -0.4 is 11.0 Å². The highest BCUT2D eigenvalue weighted by atomic mass is 35.5. The quantitative estimate of drug-likeness (QED) is 0.900. The van der Waals surface area contributed by atoms with Gasteiger partial charge in [-0.3, -0.25) is 4.57 Å². The third-order valence-corrected chi connectivity index (χ3v) is 4.57. The minimum absolute atomic E-state index is 0.200. The third kappa shape index (κ3) is 2.53. The molecule has 2 heterocycles. The first-order valence-electron chi connectivity index (χ1n) is 5.98. The van der Waals surface area contributed by atoms with Crippen LogP contribution in [-0.2, 0) is 0 Å². The van der Waals surface area contributed by atoms with Crippen LogP contribution in [0, 0.1) is 0 Å². The lowest BCUT2D eigenvalue weighted by molar-refractivity contribution is 0.642. The van der Waals surface area contributed by atoms with E-state index in [0.29, 0.717) is 26.0 Å². The molecule has 106 valence electrons. The summed E-state index contributed by atoms with van der Waals surface area (Å²) in [7, 11) is 1.73. The van der Waals surface area contributed by atoms with Crippen LogP contribution in [0.2, 0.25) is 10.0 Å². The van der Waals surface area contributed by atoms with Crippen LogP contribution in [0.25, 0.3) is 0 Å². The van der Waals surface area contributed by atoms with Crippen LogP contribution in [0.1, 0.15) is 18.9 Å². The Balaban J connectivity index is 1.97. The van der Waals surface area contributed by atoms with E-state index in [1.807, 2.05) is 0 Å². The number of hydrogen-bond donors (Lipinski definition) is 2. The molecule has 0 radical (unpaired) electrons. The molecule has 0 unspecified atom stereocenters. The largest absolute Gasteiger partial charge is 0.372 e. The van der Waals surface area contributed by atoms with E-state index in [1.54, 1.807) is 17.7 Å². The average Bonchev–Trinajstić information content (AvgIpc) is 3.18. The smallest absolute Gasteiger partial charge is 0.344 e. The first-order valence-corrected chi connectivity index (χ1v) is 7.56. The van der Waals surface area contributed by atoms with Crippen molar-refractivity contribution >= 4 is 40.8 Å². The van der Waals surface area contributed by atoms with Crippen molar-refractivity contribution in [3.63, 3.8) is 0 Å². The van der Waals surface area contributed by atoms with Crippen molar-refractivity contribution in [1.82, 2.24) is 19.7 Å². The van der Waals surface area contributed by atoms with E-state index in [1.165, 1.54) is 11.8 Å². The first-order chi connectivity index (χ1) is 9.60. The molecule has 2 aromatic rings. The lowest BCUT2D eigenvalue weighted by atomic mass is 10.4. The van der Waals surface area contributed by atoms with Crippen molar-refractivity contribution < 1.29 is 0 Å². The predicted molar refractivity (Wildman–Crippen MR) is 79.0 cm³/mol. The van der Waals surface area contributed by atoms with Crippen molar-refractivity contribution in [1.29, 1.82) is 0 Å². The van der Waals surface area contributed by atoms with E-state index in [9.17, 15) is 4.79 Å². The highest BCUT2D eigenvalue weighted by Crippen LogP contribution is 2.39. The molecule has 2 N–H and O–H groups in total. The van der Waals surface area contributed by atoms with Gasteiger partial charge in [-0.1, -0.05) is 23.2 Å². The Bertz CT molecular complexity index is 709. The summed E-state index contributed by atoms with van der Waals surface area (Å²) < 4.78 is 1.65. The topological polar surface area (TPSA) is 75.6 Å². The van der Waals surface area contributed by atoms with Gasteiger partial charge in [-0.25, -0.2) is 14.9 Å². The maximum Gasteiger partial charge on any atom is 0.344 e. The number of halogens is 2. The number of nitrogens with one attached hydrogen (secondary N) is 2. The highest BCUT2D eigenvalue weighted by molar-refractivity contribution is 7.99. The number of rotatable bonds is 4. The number of anilines is 1. The molecule has 1 saturated carbocycles. The van der Waals surface area contributed by atoms with E-state index in [0.717, 1.165) is 12.8 Å². The molecule has 1 aliphatic carbocycles. The number of aromatic amines is 1. The Kier molecular flexibility index (Phi) is 3.66. The number of aromatic nitrogens is 4. The molecule has 0 atom stereocenters. The fourth-order valence-corrected chi connectivity index (χ4v) is 3.26. The molecule has 20 heavy (non-hydrogen) atoms. The zero-order valence-corrected chi connectivity index (χ0v) is 12.8. The molecule has 9 heteroatoms. The molecule has 6 nitrogen and oxygen atoms in total. The zero-order chi connectivity index (χ0) is 14.3. The monoisotopic (exact) mass is 331 g/mol. The second-order valence-corrected chi connectivity index (χ2v) is 6.14. The van der Waals surface area contributed by atoms with Gasteiger partial charge in [0.05, 0.1) is 10.0 Å². The van der Waals surface area contributed by atoms with E-state index in [4.69, 9.17) is 23.2 Å². The van der Waals surface area contributed by atoms with E-state index in [-0.39, 0.29) is 11.7 Å². The molecular weight excluding hydrogens is 321 g/mol. The van der Waals surface area contributed by atoms with Crippen molar-refractivity contribution in [2.45, 2.75) is 29.1 Å². The van der Waals surface area contributed by atoms with E-state index < -0.39 is 0 Å². The van der Waals surface area contributed by atoms with Gasteiger partial charge in [0.15, 0.2) is 5.16 Å². The average molecular weight is 332 g/mol. The summed E-state index contributed by atoms with van der Waals surface area (Å²) in [4.78, 5) is 16.1. The number of H-pyrrole nitrogens is 1. The van der Waals surface area contributed by atoms with Crippen LogP contribution in [0.3, 0.4) is 0 Å². The second kappa shape index (κ2) is 5.31. The Hall–Kier alpha value is -1.18. The molecule has 1 aliphatic rings. The van der Waals surface area contributed by atoms with Crippen LogP contribution in [0.4, 0.5) is 5.82 Å². The van der Waals surface area contributed by atoms with Crippen LogP contribution in [-0.4, -0.2) is 26.8 Å². The van der Waals surface area contributed by atoms with Gasteiger partial charge >= 0.3 is 5.69 Å². The van der Waals surface area contributed by atoms with Gasteiger partial charge in [-0.05, 0) is 30.7 Å². The fraction of sp³-hybridized carbons (Fsp3) is 0.364. The molecule has 0 bridgehead atoms. The highest BCUT2D eigenvalue weighted by Gasteiger charge is 2.29. The molecule has 0 spiro atoms. The number of pyridine rings is 1. The SMILES string of the molecule is CNc1nc(Sc2n[nH]c(=O)n2C2CC2)c(Cl)cc1Cl. The molecule has 1 fully saturated rings. The van der Waals surface area contributed by atoms with Gasteiger partial charge < -0.3 is 5.32 Å². The van der Waals surface area contributed by atoms with E-state index in [2.05, 4.69) is 20.5 Å². The number of hydrogen-bond acceptors (Lipinski definition) is 5. The lowest BCUT2D eigenvalue weighted by Crippen LogP contribution is -2.16. The molecule has 3 rings (SSSR count). The minimum Gasteiger partial charge on any atom is -0.372 e. The summed E-state index contributed by atoms with van der Waals surface area (Å²) in [6.07, 6.45) is 1.99. The summed E-state index contributed by atoms with van der Waals surface area (Å²) in [6, 6.07) is 1.86.